The molecule has 0 aromatic carbocycles. The van der Waals surface area contributed by atoms with Gasteiger partial charge in [0.2, 0.25) is 5.91 Å². The van der Waals surface area contributed by atoms with E-state index >= 15 is 0 Å². The van der Waals surface area contributed by atoms with Crippen LogP contribution in [-0.4, -0.2) is 42.0 Å². The molecule has 0 unspecified atom stereocenters. The summed E-state index contributed by atoms with van der Waals surface area (Å²) < 4.78 is 0. The number of carbonyl (C=O) groups excluding carboxylic acids is 1. The van der Waals surface area contributed by atoms with Crippen LogP contribution in [0.5, 0.6) is 0 Å². The molecule has 0 N–H and O–H groups in total. The maximum Gasteiger partial charge on any atom is 0.246 e. The zero-order chi connectivity index (χ0) is 11.4. The average Bonchev–Trinajstić information content (AvgIpc) is 2.39. The summed E-state index contributed by atoms with van der Waals surface area (Å²) in [5.74, 6) is 0.994. The van der Waals surface area contributed by atoms with Crippen molar-refractivity contribution in [3.63, 3.8) is 0 Å². The molecule has 0 spiro atoms. The molecule has 0 aliphatic carbocycles. The van der Waals surface area contributed by atoms with Crippen molar-refractivity contribution in [3.05, 3.63) is 37.1 Å². The predicted molar refractivity (Wildman–Crippen MR) is 63.2 cm³/mol. The van der Waals surface area contributed by atoms with Gasteiger partial charge in [0.15, 0.2) is 0 Å². The minimum Gasteiger partial charge on any atom is -0.353 e. The van der Waals surface area contributed by atoms with Gasteiger partial charge < -0.3 is 9.80 Å². The fourth-order valence-electron chi connectivity index (χ4n) is 1.83. The van der Waals surface area contributed by atoms with Crippen molar-refractivity contribution in [1.82, 2.24) is 9.88 Å². The molecule has 2 rings (SSSR count). The third-order valence-corrected chi connectivity index (χ3v) is 2.74. The Kier molecular flexibility index (Phi) is 3.19. The second kappa shape index (κ2) is 4.79. The van der Waals surface area contributed by atoms with Gasteiger partial charge in [-0.15, -0.1) is 0 Å². The molecule has 16 heavy (non-hydrogen) atoms. The van der Waals surface area contributed by atoms with Crippen molar-refractivity contribution < 1.29 is 4.79 Å². The molecule has 0 radical (unpaired) electrons. The molecule has 1 fully saturated rings. The Hall–Kier alpha value is -1.84. The number of anilines is 1. The van der Waals surface area contributed by atoms with Crippen molar-refractivity contribution in [3.8, 4) is 0 Å². The number of hydrogen-bond donors (Lipinski definition) is 0. The van der Waals surface area contributed by atoms with E-state index in [1.54, 1.807) is 6.20 Å². The number of piperazine rings is 1. The molecule has 4 nitrogen and oxygen atoms in total. The molecule has 1 aromatic rings. The van der Waals surface area contributed by atoms with Gasteiger partial charge in [-0.25, -0.2) is 4.98 Å². The lowest BCUT2D eigenvalue weighted by atomic mass is 10.3. The second-order valence-corrected chi connectivity index (χ2v) is 3.70. The number of nitrogens with zero attached hydrogens (tertiary/aromatic N) is 3. The Balaban J connectivity index is 1.95. The number of carbonyl (C=O) groups is 1. The summed E-state index contributed by atoms with van der Waals surface area (Å²) >= 11 is 0. The van der Waals surface area contributed by atoms with E-state index in [1.807, 2.05) is 23.1 Å². The van der Waals surface area contributed by atoms with E-state index in [-0.39, 0.29) is 5.91 Å². The summed E-state index contributed by atoms with van der Waals surface area (Å²) in [6.07, 6.45) is 3.16. The Morgan fingerprint density at radius 3 is 2.62 bits per heavy atom. The van der Waals surface area contributed by atoms with Crippen LogP contribution in [0.3, 0.4) is 0 Å². The topological polar surface area (TPSA) is 36.4 Å². The van der Waals surface area contributed by atoms with E-state index in [0.717, 1.165) is 32.0 Å². The standard InChI is InChI=1S/C12H15N3O/c1-2-12(16)15-9-7-14(8-10-15)11-5-3-4-6-13-11/h2-6H,1,7-10H2. The third-order valence-electron chi connectivity index (χ3n) is 2.74. The molecule has 2 heterocycles. The van der Waals surface area contributed by atoms with Crippen molar-refractivity contribution >= 4 is 11.7 Å². The monoisotopic (exact) mass is 217 g/mol. The third kappa shape index (κ3) is 2.21. The largest absolute Gasteiger partial charge is 0.353 e. The van der Waals surface area contributed by atoms with E-state index in [1.165, 1.54) is 6.08 Å². The van der Waals surface area contributed by atoms with Gasteiger partial charge in [0.25, 0.3) is 0 Å². The van der Waals surface area contributed by atoms with Gasteiger partial charge in [-0.1, -0.05) is 12.6 Å². The van der Waals surface area contributed by atoms with Crippen LogP contribution < -0.4 is 4.90 Å². The fourth-order valence-corrected chi connectivity index (χ4v) is 1.83. The lowest BCUT2D eigenvalue weighted by Crippen LogP contribution is -2.48. The van der Waals surface area contributed by atoms with Crippen LogP contribution >= 0.6 is 0 Å². The van der Waals surface area contributed by atoms with Crippen LogP contribution in [-0.2, 0) is 4.79 Å². The van der Waals surface area contributed by atoms with Crippen LogP contribution in [0, 0.1) is 0 Å². The first-order valence-corrected chi connectivity index (χ1v) is 5.38. The second-order valence-electron chi connectivity index (χ2n) is 3.70. The molecular weight excluding hydrogens is 202 g/mol. The highest BCUT2D eigenvalue weighted by atomic mass is 16.2. The molecule has 1 saturated heterocycles. The predicted octanol–water partition coefficient (Wildman–Crippen LogP) is 0.916. The molecule has 0 atom stereocenters. The van der Waals surface area contributed by atoms with Crippen molar-refractivity contribution in [2.24, 2.45) is 0 Å². The molecule has 84 valence electrons. The Morgan fingerprint density at radius 2 is 2.06 bits per heavy atom. The lowest BCUT2D eigenvalue weighted by Gasteiger charge is -2.34. The zero-order valence-electron chi connectivity index (χ0n) is 9.17. The van der Waals surface area contributed by atoms with Crippen molar-refractivity contribution in [1.29, 1.82) is 0 Å². The molecule has 1 amide bonds. The molecule has 1 aliphatic rings. The summed E-state index contributed by atoms with van der Waals surface area (Å²) in [7, 11) is 0. The Morgan fingerprint density at radius 1 is 1.31 bits per heavy atom. The maximum atomic E-state index is 11.4. The highest BCUT2D eigenvalue weighted by Gasteiger charge is 2.19. The normalized spacial score (nSPS) is 16.0. The molecule has 1 aliphatic heterocycles. The molecular formula is C12H15N3O. The van der Waals surface area contributed by atoms with Crippen LogP contribution in [0.15, 0.2) is 37.1 Å². The minimum absolute atomic E-state index is 0.0145. The number of pyridine rings is 1. The van der Waals surface area contributed by atoms with E-state index in [0.29, 0.717) is 0 Å². The number of rotatable bonds is 2. The van der Waals surface area contributed by atoms with Gasteiger partial charge in [0.05, 0.1) is 0 Å². The minimum atomic E-state index is 0.0145. The molecule has 1 aromatic heterocycles. The van der Waals surface area contributed by atoms with E-state index in [4.69, 9.17) is 0 Å². The zero-order valence-corrected chi connectivity index (χ0v) is 9.17. The van der Waals surface area contributed by atoms with Gasteiger partial charge in [-0.2, -0.15) is 0 Å². The number of aromatic nitrogens is 1. The highest BCUT2D eigenvalue weighted by Crippen LogP contribution is 2.12. The van der Waals surface area contributed by atoms with Crippen LogP contribution in [0.4, 0.5) is 5.82 Å². The van der Waals surface area contributed by atoms with Gasteiger partial charge >= 0.3 is 0 Å². The van der Waals surface area contributed by atoms with Crippen LogP contribution in [0.1, 0.15) is 0 Å². The summed E-state index contributed by atoms with van der Waals surface area (Å²) in [5.41, 5.74) is 0. The molecule has 0 bridgehead atoms. The first-order chi connectivity index (χ1) is 7.81. The SMILES string of the molecule is C=CC(=O)N1CCN(c2ccccn2)CC1. The number of hydrogen-bond acceptors (Lipinski definition) is 3. The van der Waals surface area contributed by atoms with E-state index in [9.17, 15) is 4.79 Å². The van der Waals surface area contributed by atoms with Gasteiger partial charge in [-0.3, -0.25) is 4.79 Å². The first kappa shape index (κ1) is 10.7. The molecule has 4 heteroatoms. The van der Waals surface area contributed by atoms with E-state index in [2.05, 4.69) is 16.5 Å². The first-order valence-electron chi connectivity index (χ1n) is 5.38. The maximum absolute atomic E-state index is 11.4. The van der Waals surface area contributed by atoms with Gasteiger partial charge in [-0.05, 0) is 18.2 Å². The highest BCUT2D eigenvalue weighted by molar-refractivity contribution is 5.87. The van der Waals surface area contributed by atoms with Gasteiger partial charge in [0.1, 0.15) is 5.82 Å². The number of amides is 1. The van der Waals surface area contributed by atoms with Crippen molar-refractivity contribution in [2.45, 2.75) is 0 Å². The average molecular weight is 217 g/mol. The van der Waals surface area contributed by atoms with Crippen LogP contribution in [0.2, 0.25) is 0 Å². The summed E-state index contributed by atoms with van der Waals surface area (Å²) in [4.78, 5) is 19.7. The summed E-state index contributed by atoms with van der Waals surface area (Å²) in [6, 6.07) is 5.87. The lowest BCUT2D eigenvalue weighted by molar-refractivity contribution is -0.126. The van der Waals surface area contributed by atoms with E-state index < -0.39 is 0 Å². The summed E-state index contributed by atoms with van der Waals surface area (Å²) in [6.45, 7) is 6.63. The van der Waals surface area contributed by atoms with Crippen LogP contribution in [0.25, 0.3) is 0 Å². The molecule has 0 saturated carbocycles. The Labute approximate surface area is 95.2 Å². The Bertz CT molecular complexity index is 369. The van der Waals surface area contributed by atoms with Crippen molar-refractivity contribution in [2.75, 3.05) is 31.1 Å². The smallest absolute Gasteiger partial charge is 0.246 e. The summed E-state index contributed by atoms with van der Waals surface area (Å²) in [5, 5.41) is 0. The fraction of sp³-hybridized carbons (Fsp3) is 0.333. The quantitative estimate of drug-likeness (QED) is 0.691. The van der Waals surface area contributed by atoms with Gasteiger partial charge in [0, 0.05) is 32.4 Å².